The fourth-order valence-corrected chi connectivity index (χ4v) is 4.11. The molecule has 0 unspecified atom stereocenters. The Labute approximate surface area is 203 Å². The summed E-state index contributed by atoms with van der Waals surface area (Å²) < 4.78 is 30.1. The van der Waals surface area contributed by atoms with Gasteiger partial charge in [0.2, 0.25) is 15.8 Å². The monoisotopic (exact) mass is 491 g/mol. The molecule has 1 aromatic heterocycles. The van der Waals surface area contributed by atoms with Gasteiger partial charge in [-0.2, -0.15) is 0 Å². The van der Waals surface area contributed by atoms with Crippen molar-refractivity contribution < 1.29 is 17.9 Å². The molecule has 10 heteroatoms. The number of nitrogens with two attached hydrogens (primary N) is 1. The first-order valence-corrected chi connectivity index (χ1v) is 12.3. The average molecular weight is 492 g/mol. The summed E-state index contributed by atoms with van der Waals surface area (Å²) in [5.41, 5.74) is 2.46. The molecule has 180 valence electrons. The van der Waals surface area contributed by atoms with Crippen LogP contribution >= 0.6 is 0 Å². The maximum Gasteiger partial charge on any atom is 0.293 e. The summed E-state index contributed by atoms with van der Waals surface area (Å²) in [6.45, 7) is 0.349. The lowest BCUT2D eigenvalue weighted by Crippen LogP contribution is -2.27. The maximum absolute atomic E-state index is 13.2. The second-order valence-corrected chi connectivity index (χ2v) is 9.54. The van der Waals surface area contributed by atoms with E-state index in [1.165, 1.54) is 17.0 Å². The van der Waals surface area contributed by atoms with Gasteiger partial charge >= 0.3 is 0 Å². The molecule has 9 nitrogen and oxygen atoms in total. The summed E-state index contributed by atoms with van der Waals surface area (Å²) in [5, 5.41) is 9.69. The van der Waals surface area contributed by atoms with Gasteiger partial charge in [-0.15, -0.1) is 5.10 Å². The quantitative estimate of drug-likeness (QED) is 0.405. The molecular formula is C25H25N5O4S. The molecular weight excluding hydrogens is 466 g/mol. The molecule has 2 N–H and O–H groups in total. The minimum Gasteiger partial charge on any atom is -0.497 e. The Hall–Kier alpha value is -4.02. The zero-order valence-electron chi connectivity index (χ0n) is 19.3. The first-order valence-electron chi connectivity index (χ1n) is 10.8. The lowest BCUT2D eigenvalue weighted by molar-refractivity contribution is 0.0773. The van der Waals surface area contributed by atoms with Gasteiger partial charge in [0.25, 0.3) is 5.91 Å². The van der Waals surface area contributed by atoms with Crippen molar-refractivity contribution in [2.45, 2.75) is 17.9 Å². The molecule has 1 amide bonds. The third kappa shape index (κ3) is 5.73. The first-order chi connectivity index (χ1) is 16.7. The highest BCUT2D eigenvalue weighted by atomic mass is 32.2. The molecule has 3 aromatic carbocycles. The van der Waals surface area contributed by atoms with Gasteiger partial charge in [0.15, 0.2) is 0 Å². The number of ether oxygens (including phenoxy) is 1. The van der Waals surface area contributed by atoms with Crippen LogP contribution < -0.4 is 9.88 Å². The van der Waals surface area contributed by atoms with E-state index in [1.54, 1.807) is 31.0 Å². The van der Waals surface area contributed by atoms with Gasteiger partial charge in [-0.05, 0) is 47.5 Å². The van der Waals surface area contributed by atoms with Crippen molar-refractivity contribution >= 4 is 15.9 Å². The molecule has 0 saturated heterocycles. The third-order valence-electron chi connectivity index (χ3n) is 5.38. The average Bonchev–Trinajstić information content (AvgIpc) is 3.27. The molecule has 0 aliphatic carbocycles. The van der Waals surface area contributed by atoms with Crippen molar-refractivity contribution in [3.63, 3.8) is 0 Å². The van der Waals surface area contributed by atoms with Gasteiger partial charge in [-0.3, -0.25) is 4.79 Å². The summed E-state index contributed by atoms with van der Waals surface area (Å²) in [7, 11) is -0.557. The Morgan fingerprint density at radius 3 is 2.34 bits per heavy atom. The van der Waals surface area contributed by atoms with Crippen LogP contribution in [-0.2, 0) is 23.0 Å². The van der Waals surface area contributed by atoms with Crippen LogP contribution in [0.5, 0.6) is 5.75 Å². The summed E-state index contributed by atoms with van der Waals surface area (Å²) in [5.74, 6) is 0.940. The molecule has 1 heterocycles. The predicted octanol–water partition coefficient (Wildman–Crippen LogP) is 2.79. The van der Waals surface area contributed by atoms with Crippen molar-refractivity contribution in [3.05, 3.63) is 102 Å². The molecule has 0 aliphatic rings. The molecule has 4 rings (SSSR count). The number of rotatable bonds is 8. The van der Waals surface area contributed by atoms with Crippen LogP contribution in [0, 0.1) is 0 Å². The lowest BCUT2D eigenvalue weighted by Gasteiger charge is -2.15. The number of carbonyl (C=O) groups is 1. The molecule has 0 bridgehead atoms. The zero-order chi connectivity index (χ0) is 25.0. The highest BCUT2D eigenvalue weighted by Crippen LogP contribution is 2.18. The second kappa shape index (κ2) is 10.1. The molecule has 0 aliphatic heterocycles. The van der Waals surface area contributed by atoms with E-state index in [4.69, 9.17) is 9.88 Å². The first kappa shape index (κ1) is 24.1. The zero-order valence-corrected chi connectivity index (χ0v) is 20.1. The van der Waals surface area contributed by atoms with E-state index < -0.39 is 10.0 Å². The Bertz CT molecular complexity index is 1430. The Morgan fingerprint density at radius 2 is 1.69 bits per heavy atom. The molecule has 0 saturated carbocycles. The van der Waals surface area contributed by atoms with Crippen LogP contribution in [-0.4, -0.2) is 48.1 Å². The van der Waals surface area contributed by atoms with Gasteiger partial charge in [0, 0.05) is 20.0 Å². The van der Waals surface area contributed by atoms with E-state index in [9.17, 15) is 13.2 Å². The molecule has 0 radical (unpaired) electrons. The highest BCUT2D eigenvalue weighted by molar-refractivity contribution is 7.89. The van der Waals surface area contributed by atoms with Crippen molar-refractivity contribution in [1.82, 2.24) is 19.7 Å². The summed E-state index contributed by atoms with van der Waals surface area (Å²) in [4.78, 5) is 19.3. The van der Waals surface area contributed by atoms with E-state index in [0.717, 1.165) is 11.1 Å². The number of sulfonamides is 1. The van der Waals surface area contributed by atoms with Gasteiger partial charge < -0.3 is 9.64 Å². The fourth-order valence-electron chi connectivity index (χ4n) is 3.60. The summed E-state index contributed by atoms with van der Waals surface area (Å²) >= 11 is 0. The Kier molecular flexibility index (Phi) is 6.94. The van der Waals surface area contributed by atoms with E-state index in [2.05, 4.69) is 10.1 Å². The van der Waals surface area contributed by atoms with Crippen LogP contribution in [0.15, 0.2) is 83.8 Å². The number of nitrogens with zero attached hydrogens (tertiary/aromatic N) is 4. The van der Waals surface area contributed by atoms with Crippen LogP contribution in [0.4, 0.5) is 0 Å². The minimum atomic E-state index is -3.83. The van der Waals surface area contributed by atoms with E-state index in [0.29, 0.717) is 30.2 Å². The number of carbonyl (C=O) groups excluding carboxylic acids is 1. The van der Waals surface area contributed by atoms with Gasteiger partial charge in [-0.25, -0.2) is 23.2 Å². The number of primary sulfonamides is 1. The Morgan fingerprint density at radius 1 is 1.00 bits per heavy atom. The number of aromatic nitrogens is 3. The number of amides is 1. The largest absolute Gasteiger partial charge is 0.497 e. The molecule has 4 aromatic rings. The van der Waals surface area contributed by atoms with Crippen molar-refractivity contribution in [3.8, 4) is 11.4 Å². The lowest BCUT2D eigenvalue weighted by atomic mass is 10.1. The number of benzene rings is 3. The topological polar surface area (TPSA) is 120 Å². The van der Waals surface area contributed by atoms with Crippen molar-refractivity contribution in [2.24, 2.45) is 5.14 Å². The number of methoxy groups -OCH3 is 1. The molecule has 0 atom stereocenters. The van der Waals surface area contributed by atoms with Gasteiger partial charge in [0.1, 0.15) is 11.6 Å². The fraction of sp³-hybridized carbons (Fsp3) is 0.160. The van der Waals surface area contributed by atoms with Crippen molar-refractivity contribution in [1.29, 1.82) is 0 Å². The Balaban J connectivity index is 1.66. The summed E-state index contributed by atoms with van der Waals surface area (Å²) in [6.07, 6.45) is 0.428. The normalized spacial score (nSPS) is 11.3. The summed E-state index contributed by atoms with van der Waals surface area (Å²) in [6, 6.07) is 23.1. The highest BCUT2D eigenvalue weighted by Gasteiger charge is 2.21. The van der Waals surface area contributed by atoms with Crippen LogP contribution in [0.25, 0.3) is 5.69 Å². The maximum atomic E-state index is 13.2. The molecule has 35 heavy (non-hydrogen) atoms. The minimum absolute atomic E-state index is 0.0136. The van der Waals surface area contributed by atoms with E-state index >= 15 is 0 Å². The second-order valence-electron chi connectivity index (χ2n) is 7.98. The van der Waals surface area contributed by atoms with E-state index in [-0.39, 0.29) is 16.6 Å². The van der Waals surface area contributed by atoms with E-state index in [1.807, 2.05) is 54.6 Å². The van der Waals surface area contributed by atoms with Crippen LogP contribution in [0.2, 0.25) is 0 Å². The number of hydrogen-bond donors (Lipinski definition) is 1. The van der Waals surface area contributed by atoms with Crippen molar-refractivity contribution in [2.75, 3.05) is 14.2 Å². The van der Waals surface area contributed by atoms with Crippen LogP contribution in [0.1, 0.15) is 27.6 Å². The SMILES string of the molecule is COc1cccc(CN(C)C(=O)c2nc(Cc3ccccc3)n(-c3ccc(S(N)(=O)=O)cc3)n2)c1. The third-order valence-corrected chi connectivity index (χ3v) is 6.31. The van der Waals surface area contributed by atoms with Gasteiger partial charge in [0.05, 0.1) is 17.7 Å². The molecule has 0 fully saturated rings. The van der Waals surface area contributed by atoms with Gasteiger partial charge in [-0.1, -0.05) is 42.5 Å². The standard InChI is InChI=1S/C25H25N5O4S/c1-29(17-19-9-6-10-21(15-19)34-2)25(31)24-27-23(16-18-7-4-3-5-8-18)30(28-24)20-11-13-22(14-12-20)35(26,32)33/h3-15H,16-17H2,1-2H3,(H2,26,32,33). The number of hydrogen-bond acceptors (Lipinski definition) is 6. The predicted molar refractivity (Wildman–Crippen MR) is 131 cm³/mol. The molecule has 0 spiro atoms. The smallest absolute Gasteiger partial charge is 0.293 e. The van der Waals surface area contributed by atoms with Crippen LogP contribution in [0.3, 0.4) is 0 Å².